The Morgan fingerprint density at radius 2 is 2.15 bits per heavy atom. The smallest absolute Gasteiger partial charge is 0.317 e. The summed E-state index contributed by atoms with van der Waals surface area (Å²) in [4.78, 5) is 14.3. The lowest BCUT2D eigenvalue weighted by molar-refractivity contribution is 0.137. The molecule has 0 radical (unpaired) electrons. The van der Waals surface area contributed by atoms with E-state index in [4.69, 9.17) is 4.74 Å². The Labute approximate surface area is 158 Å². The summed E-state index contributed by atoms with van der Waals surface area (Å²) < 4.78 is 20.6. The van der Waals surface area contributed by atoms with Crippen LogP contribution in [0.3, 0.4) is 0 Å². The van der Waals surface area contributed by atoms with Crippen molar-refractivity contribution in [3.05, 3.63) is 42.2 Å². The molecule has 1 fully saturated rings. The van der Waals surface area contributed by atoms with Gasteiger partial charge >= 0.3 is 6.03 Å². The summed E-state index contributed by atoms with van der Waals surface area (Å²) in [5.74, 6) is 1.36. The first-order valence-electron chi connectivity index (χ1n) is 9.32. The highest BCUT2D eigenvalue weighted by atomic mass is 19.1. The van der Waals surface area contributed by atoms with Gasteiger partial charge in [0.2, 0.25) is 0 Å². The van der Waals surface area contributed by atoms with Crippen LogP contribution in [0.2, 0.25) is 0 Å². The minimum Gasteiger partial charge on any atom is -0.493 e. The van der Waals surface area contributed by atoms with Crippen LogP contribution in [-0.4, -0.2) is 45.4 Å². The molecular weight excluding hydrogens is 349 g/mol. The summed E-state index contributed by atoms with van der Waals surface area (Å²) >= 11 is 0. The predicted octanol–water partition coefficient (Wildman–Crippen LogP) is 3.00. The third-order valence-electron chi connectivity index (χ3n) is 4.71. The van der Waals surface area contributed by atoms with Gasteiger partial charge in [-0.1, -0.05) is 0 Å². The second-order valence-electron chi connectivity index (χ2n) is 7.13. The Morgan fingerprint density at radius 1 is 1.37 bits per heavy atom. The first kappa shape index (κ1) is 19.1. The Balaban J connectivity index is 1.47. The number of aromatic nitrogens is 3. The molecule has 1 N–H and O–H groups in total. The molecule has 1 aliphatic rings. The third kappa shape index (κ3) is 5.18. The molecule has 1 saturated heterocycles. The quantitative estimate of drug-likeness (QED) is 0.842. The maximum atomic E-state index is 12.9. The molecule has 1 aromatic carbocycles. The molecule has 1 aliphatic heterocycles. The molecule has 0 spiro atoms. The first-order chi connectivity index (χ1) is 13.0. The van der Waals surface area contributed by atoms with Crippen LogP contribution in [0, 0.1) is 11.7 Å². The van der Waals surface area contributed by atoms with Crippen LogP contribution in [0.4, 0.5) is 9.18 Å². The fraction of sp³-hybridized carbons (Fsp3) is 0.526. The van der Waals surface area contributed by atoms with Crippen molar-refractivity contribution in [3.8, 4) is 5.75 Å². The molecule has 1 atom stereocenters. The number of urea groups is 1. The van der Waals surface area contributed by atoms with Gasteiger partial charge < -0.3 is 19.5 Å². The number of hydrogen-bond donors (Lipinski definition) is 1. The zero-order valence-corrected chi connectivity index (χ0v) is 15.8. The number of likely N-dealkylation sites (tertiary alicyclic amines) is 1. The van der Waals surface area contributed by atoms with Crippen LogP contribution in [0.25, 0.3) is 0 Å². The number of benzene rings is 1. The lowest BCUT2D eigenvalue weighted by atomic mass is 9.99. The van der Waals surface area contributed by atoms with Crippen molar-refractivity contribution < 1.29 is 13.9 Å². The molecule has 0 unspecified atom stereocenters. The Hall–Kier alpha value is -2.64. The van der Waals surface area contributed by atoms with Gasteiger partial charge in [0.1, 0.15) is 17.9 Å². The zero-order chi connectivity index (χ0) is 19.2. The molecule has 27 heavy (non-hydrogen) atoms. The molecule has 3 rings (SSSR count). The van der Waals surface area contributed by atoms with E-state index in [9.17, 15) is 9.18 Å². The average Bonchev–Trinajstić information content (AvgIpc) is 3.15. The van der Waals surface area contributed by atoms with Crippen LogP contribution in [0.1, 0.15) is 38.6 Å². The molecular formula is C19H26FN5O2. The molecule has 1 aromatic heterocycles. The van der Waals surface area contributed by atoms with Gasteiger partial charge in [-0.15, -0.1) is 10.2 Å². The van der Waals surface area contributed by atoms with Gasteiger partial charge in [0.05, 0.1) is 13.2 Å². The fourth-order valence-corrected chi connectivity index (χ4v) is 3.22. The molecule has 7 nitrogen and oxygen atoms in total. The van der Waals surface area contributed by atoms with E-state index >= 15 is 0 Å². The Kier molecular flexibility index (Phi) is 6.26. The predicted molar refractivity (Wildman–Crippen MR) is 98.8 cm³/mol. The van der Waals surface area contributed by atoms with E-state index in [2.05, 4.69) is 15.5 Å². The van der Waals surface area contributed by atoms with Crippen LogP contribution in [-0.2, 0) is 6.54 Å². The first-order valence-corrected chi connectivity index (χ1v) is 9.32. The number of ether oxygens (including phenoxy) is 1. The molecule has 0 saturated carbocycles. The Morgan fingerprint density at radius 3 is 2.89 bits per heavy atom. The number of carbonyl (C=O) groups is 1. The van der Waals surface area contributed by atoms with Gasteiger partial charge in [-0.3, -0.25) is 0 Å². The van der Waals surface area contributed by atoms with Crippen LogP contribution in [0.5, 0.6) is 5.75 Å². The van der Waals surface area contributed by atoms with Gasteiger partial charge in [0, 0.05) is 25.0 Å². The van der Waals surface area contributed by atoms with Crippen LogP contribution >= 0.6 is 0 Å². The maximum Gasteiger partial charge on any atom is 0.317 e. The van der Waals surface area contributed by atoms with E-state index in [-0.39, 0.29) is 23.8 Å². The highest BCUT2D eigenvalue weighted by Gasteiger charge is 2.24. The average molecular weight is 375 g/mol. The van der Waals surface area contributed by atoms with Crippen molar-refractivity contribution in [2.24, 2.45) is 5.92 Å². The number of carbonyl (C=O) groups excluding carboxylic acids is 1. The van der Waals surface area contributed by atoms with E-state index < -0.39 is 0 Å². The largest absolute Gasteiger partial charge is 0.493 e. The fourth-order valence-electron chi connectivity index (χ4n) is 3.22. The highest BCUT2D eigenvalue weighted by Crippen LogP contribution is 2.19. The van der Waals surface area contributed by atoms with Crippen molar-refractivity contribution in [2.45, 2.75) is 39.3 Å². The number of piperidine rings is 1. The van der Waals surface area contributed by atoms with E-state index in [1.165, 1.54) is 12.1 Å². The number of amides is 2. The lowest BCUT2D eigenvalue weighted by Gasteiger charge is -2.32. The zero-order valence-electron chi connectivity index (χ0n) is 15.8. The third-order valence-corrected chi connectivity index (χ3v) is 4.71. The summed E-state index contributed by atoms with van der Waals surface area (Å²) in [7, 11) is 0. The topological polar surface area (TPSA) is 72.3 Å². The maximum absolute atomic E-state index is 12.9. The Bertz CT molecular complexity index is 747. The summed E-state index contributed by atoms with van der Waals surface area (Å²) in [6.45, 7) is 6.33. The normalized spacial score (nSPS) is 17.2. The lowest BCUT2D eigenvalue weighted by Crippen LogP contribution is -2.46. The highest BCUT2D eigenvalue weighted by molar-refractivity contribution is 5.74. The second-order valence-corrected chi connectivity index (χ2v) is 7.13. The van der Waals surface area contributed by atoms with Gasteiger partial charge in [-0.2, -0.15) is 0 Å². The van der Waals surface area contributed by atoms with Gasteiger partial charge in [0.25, 0.3) is 0 Å². The van der Waals surface area contributed by atoms with E-state index in [1.807, 2.05) is 23.3 Å². The monoisotopic (exact) mass is 375 g/mol. The molecule has 2 amide bonds. The summed E-state index contributed by atoms with van der Waals surface area (Å²) in [5, 5.41) is 10.9. The molecule has 2 heterocycles. The standard InChI is InChI=1S/C19H26FN5O2/c1-14(2)25-13-22-23-18(25)10-21-19(26)24-9-3-4-15(11-24)12-27-17-7-5-16(20)6-8-17/h5-8,13-15H,3-4,9-12H2,1-2H3,(H,21,26)/t15-/m0/s1. The number of hydrogen-bond acceptors (Lipinski definition) is 4. The molecule has 146 valence electrons. The SMILES string of the molecule is CC(C)n1cnnc1CNC(=O)N1CCC[C@H](COc2ccc(F)cc2)C1. The number of rotatable bonds is 6. The van der Waals surface area contributed by atoms with Crippen molar-refractivity contribution in [2.75, 3.05) is 19.7 Å². The van der Waals surface area contributed by atoms with Gasteiger partial charge in [0.15, 0.2) is 5.82 Å². The molecule has 8 heteroatoms. The second kappa shape index (κ2) is 8.83. The summed E-state index contributed by atoms with van der Waals surface area (Å²) in [6, 6.07) is 6.15. The van der Waals surface area contributed by atoms with Gasteiger partial charge in [-0.05, 0) is 51.0 Å². The van der Waals surface area contributed by atoms with Crippen LogP contribution < -0.4 is 10.1 Å². The molecule has 2 aromatic rings. The van der Waals surface area contributed by atoms with Crippen molar-refractivity contribution >= 4 is 6.03 Å². The van der Waals surface area contributed by atoms with Crippen molar-refractivity contribution in [1.29, 1.82) is 0 Å². The number of nitrogens with zero attached hydrogens (tertiary/aromatic N) is 4. The number of halogens is 1. The van der Waals surface area contributed by atoms with E-state index in [0.717, 1.165) is 25.2 Å². The number of nitrogens with one attached hydrogen (secondary N) is 1. The van der Waals surface area contributed by atoms with Crippen LogP contribution in [0.15, 0.2) is 30.6 Å². The minimum atomic E-state index is -0.281. The molecule has 0 aliphatic carbocycles. The van der Waals surface area contributed by atoms with E-state index in [1.54, 1.807) is 18.5 Å². The summed E-state index contributed by atoms with van der Waals surface area (Å²) in [6.07, 6.45) is 3.62. The summed E-state index contributed by atoms with van der Waals surface area (Å²) in [5.41, 5.74) is 0. The minimum absolute atomic E-state index is 0.0974. The van der Waals surface area contributed by atoms with Crippen molar-refractivity contribution in [3.63, 3.8) is 0 Å². The molecule has 0 bridgehead atoms. The van der Waals surface area contributed by atoms with Gasteiger partial charge in [-0.25, -0.2) is 9.18 Å². The van der Waals surface area contributed by atoms with Crippen molar-refractivity contribution in [1.82, 2.24) is 25.0 Å². The van der Waals surface area contributed by atoms with E-state index in [0.29, 0.717) is 25.4 Å².